The van der Waals surface area contributed by atoms with Gasteiger partial charge in [0.05, 0.1) is 6.10 Å². The smallest absolute Gasteiger partial charge is 0.181 e. The lowest BCUT2D eigenvalue weighted by Crippen LogP contribution is -2.43. The summed E-state index contributed by atoms with van der Waals surface area (Å²) in [5, 5.41) is 18.6. The highest BCUT2D eigenvalue weighted by molar-refractivity contribution is 4.77. The predicted molar refractivity (Wildman–Crippen MR) is 41.0 cm³/mol. The van der Waals surface area contributed by atoms with Crippen LogP contribution < -0.4 is 0 Å². The Labute approximate surface area is 67.0 Å². The van der Waals surface area contributed by atoms with Crippen molar-refractivity contribution in [2.75, 3.05) is 0 Å². The highest BCUT2D eigenvalue weighted by Gasteiger charge is 2.33. The first-order valence-corrected chi connectivity index (χ1v) is 4.16. The topological polar surface area (TPSA) is 49.7 Å². The summed E-state index contributed by atoms with van der Waals surface area (Å²) in [4.78, 5) is 0. The van der Waals surface area contributed by atoms with Gasteiger partial charge in [-0.2, -0.15) is 0 Å². The summed E-state index contributed by atoms with van der Waals surface area (Å²) in [5.74, 6) is 0.189. The first kappa shape index (κ1) is 8.97. The lowest BCUT2D eigenvalue weighted by atomic mass is 9.90. The molecule has 3 heteroatoms. The van der Waals surface area contributed by atoms with Gasteiger partial charge in [0.2, 0.25) is 0 Å². The summed E-state index contributed by atoms with van der Waals surface area (Å²) >= 11 is 0. The van der Waals surface area contributed by atoms with E-state index in [1.165, 1.54) is 0 Å². The maximum absolute atomic E-state index is 9.38. The van der Waals surface area contributed by atoms with Crippen LogP contribution in [0, 0.1) is 5.92 Å². The van der Waals surface area contributed by atoms with E-state index in [1.807, 2.05) is 13.8 Å². The first-order valence-electron chi connectivity index (χ1n) is 4.16. The van der Waals surface area contributed by atoms with Gasteiger partial charge >= 0.3 is 0 Å². The second-order valence-corrected chi connectivity index (χ2v) is 3.23. The molecule has 0 amide bonds. The molecule has 4 atom stereocenters. The van der Waals surface area contributed by atoms with Crippen molar-refractivity contribution in [3.8, 4) is 0 Å². The molecule has 66 valence electrons. The highest BCUT2D eigenvalue weighted by Crippen LogP contribution is 2.26. The molecule has 2 N–H and O–H groups in total. The molecule has 1 rings (SSSR count). The fraction of sp³-hybridized carbons (Fsp3) is 1.00. The Bertz CT molecular complexity index is 127. The number of hydrogen-bond donors (Lipinski definition) is 2. The monoisotopic (exact) mass is 160 g/mol. The molecule has 0 aromatic carbocycles. The van der Waals surface area contributed by atoms with Gasteiger partial charge in [0.1, 0.15) is 6.10 Å². The molecule has 0 bridgehead atoms. The third-order valence-corrected chi connectivity index (χ3v) is 2.31. The molecule has 0 aromatic heterocycles. The normalized spacial score (nSPS) is 45.8. The molecule has 0 aliphatic carbocycles. The van der Waals surface area contributed by atoms with Crippen LogP contribution in [0.25, 0.3) is 0 Å². The van der Waals surface area contributed by atoms with Gasteiger partial charge in [-0.25, -0.2) is 0 Å². The maximum Gasteiger partial charge on any atom is 0.181 e. The van der Waals surface area contributed by atoms with Crippen molar-refractivity contribution in [3.63, 3.8) is 0 Å². The van der Waals surface area contributed by atoms with E-state index >= 15 is 0 Å². The van der Waals surface area contributed by atoms with Gasteiger partial charge in [-0.1, -0.05) is 13.3 Å². The predicted octanol–water partition coefficient (Wildman–Crippen LogP) is 0.501. The number of ether oxygens (including phenoxy) is 1. The Morgan fingerprint density at radius 1 is 1.45 bits per heavy atom. The van der Waals surface area contributed by atoms with E-state index < -0.39 is 12.4 Å². The van der Waals surface area contributed by atoms with E-state index in [9.17, 15) is 10.2 Å². The van der Waals surface area contributed by atoms with Crippen molar-refractivity contribution in [1.29, 1.82) is 0 Å². The van der Waals surface area contributed by atoms with E-state index in [-0.39, 0.29) is 12.0 Å². The zero-order chi connectivity index (χ0) is 8.43. The maximum atomic E-state index is 9.38. The minimum atomic E-state index is -0.983. The summed E-state index contributed by atoms with van der Waals surface area (Å²) in [6.45, 7) is 3.93. The molecular formula is C8H16O3. The van der Waals surface area contributed by atoms with E-state index in [1.54, 1.807) is 0 Å². The summed E-state index contributed by atoms with van der Waals surface area (Å²) < 4.78 is 5.04. The van der Waals surface area contributed by atoms with Crippen LogP contribution in [0.3, 0.4) is 0 Å². The minimum absolute atomic E-state index is 0.0679. The molecule has 11 heavy (non-hydrogen) atoms. The Morgan fingerprint density at radius 3 is 2.64 bits per heavy atom. The average Bonchev–Trinajstić information content (AvgIpc) is 1.96. The second kappa shape index (κ2) is 3.52. The zero-order valence-electron chi connectivity index (χ0n) is 7.03. The van der Waals surface area contributed by atoms with Crippen molar-refractivity contribution in [2.45, 2.75) is 45.2 Å². The molecule has 0 saturated carbocycles. The fourth-order valence-corrected chi connectivity index (χ4v) is 1.58. The van der Waals surface area contributed by atoms with Gasteiger partial charge in [0, 0.05) is 0 Å². The van der Waals surface area contributed by atoms with E-state index in [0.717, 1.165) is 12.8 Å². The van der Waals surface area contributed by atoms with E-state index in [0.29, 0.717) is 0 Å². The number of aliphatic hydroxyl groups excluding tert-OH is 2. The van der Waals surface area contributed by atoms with Crippen molar-refractivity contribution in [1.82, 2.24) is 0 Å². The number of hydrogen-bond acceptors (Lipinski definition) is 3. The van der Waals surface area contributed by atoms with Crippen molar-refractivity contribution in [2.24, 2.45) is 5.92 Å². The lowest BCUT2D eigenvalue weighted by molar-refractivity contribution is -0.230. The highest BCUT2D eigenvalue weighted by atomic mass is 16.6. The van der Waals surface area contributed by atoms with Crippen LogP contribution >= 0.6 is 0 Å². The Hall–Kier alpha value is -0.120. The fourth-order valence-electron chi connectivity index (χ4n) is 1.58. The van der Waals surface area contributed by atoms with Crippen LogP contribution in [0.4, 0.5) is 0 Å². The largest absolute Gasteiger partial charge is 0.388 e. The summed E-state index contributed by atoms with van der Waals surface area (Å²) in [7, 11) is 0. The van der Waals surface area contributed by atoms with Gasteiger partial charge in [-0.15, -0.1) is 0 Å². The second-order valence-electron chi connectivity index (χ2n) is 3.23. The quantitative estimate of drug-likeness (QED) is 0.587. The molecule has 1 aliphatic heterocycles. The standard InChI is InChI=1S/C8H16O3/c1-3-6-4-5(2)11-8(10)7(6)9/h5-10H,3-4H2,1-2H3/t5-,6?,7+,8-/m1/s1. The molecule has 0 aromatic rings. The first-order chi connectivity index (χ1) is 5.15. The van der Waals surface area contributed by atoms with Crippen molar-refractivity contribution >= 4 is 0 Å². The molecular weight excluding hydrogens is 144 g/mol. The molecule has 1 saturated heterocycles. The van der Waals surface area contributed by atoms with Gasteiger partial charge in [0.25, 0.3) is 0 Å². The lowest BCUT2D eigenvalue weighted by Gasteiger charge is -2.35. The molecule has 0 radical (unpaired) electrons. The Morgan fingerprint density at radius 2 is 2.09 bits per heavy atom. The summed E-state index contributed by atoms with van der Waals surface area (Å²) in [6, 6.07) is 0. The van der Waals surface area contributed by atoms with Crippen LogP contribution in [-0.4, -0.2) is 28.7 Å². The van der Waals surface area contributed by atoms with Crippen LogP contribution in [0.2, 0.25) is 0 Å². The molecule has 1 unspecified atom stereocenters. The summed E-state index contributed by atoms with van der Waals surface area (Å²) in [6.07, 6.45) is 0.124. The molecule has 0 spiro atoms. The third-order valence-electron chi connectivity index (χ3n) is 2.31. The van der Waals surface area contributed by atoms with Crippen LogP contribution in [0.5, 0.6) is 0 Å². The Kier molecular flexibility index (Phi) is 2.87. The van der Waals surface area contributed by atoms with Crippen LogP contribution in [0.15, 0.2) is 0 Å². The van der Waals surface area contributed by atoms with E-state index in [4.69, 9.17) is 4.74 Å². The molecule has 1 aliphatic rings. The number of rotatable bonds is 1. The minimum Gasteiger partial charge on any atom is -0.388 e. The average molecular weight is 160 g/mol. The molecule has 3 nitrogen and oxygen atoms in total. The zero-order valence-corrected chi connectivity index (χ0v) is 7.03. The van der Waals surface area contributed by atoms with Crippen LogP contribution in [-0.2, 0) is 4.74 Å². The van der Waals surface area contributed by atoms with Gasteiger partial charge in [-0.3, -0.25) is 0 Å². The molecule has 1 heterocycles. The number of aliphatic hydroxyl groups is 2. The SMILES string of the molecule is CCC1C[C@@H](C)O[C@@H](O)[C@H]1O. The van der Waals surface area contributed by atoms with Gasteiger partial charge in [0.15, 0.2) is 6.29 Å². The van der Waals surface area contributed by atoms with Crippen molar-refractivity contribution < 1.29 is 14.9 Å². The third kappa shape index (κ3) is 1.92. The van der Waals surface area contributed by atoms with E-state index in [2.05, 4.69) is 0 Å². The Balaban J connectivity index is 2.51. The van der Waals surface area contributed by atoms with Gasteiger partial charge in [-0.05, 0) is 19.3 Å². The summed E-state index contributed by atoms with van der Waals surface area (Å²) in [5.41, 5.74) is 0. The van der Waals surface area contributed by atoms with Crippen molar-refractivity contribution in [3.05, 3.63) is 0 Å². The van der Waals surface area contributed by atoms with Gasteiger partial charge < -0.3 is 14.9 Å². The van der Waals surface area contributed by atoms with Crippen LogP contribution in [0.1, 0.15) is 26.7 Å². The molecule has 1 fully saturated rings.